The molecule has 1 N–H and O–H groups in total. The topological polar surface area (TPSA) is 71.1 Å². The van der Waals surface area contributed by atoms with Gasteiger partial charge in [-0.2, -0.15) is 0 Å². The molecule has 25 heavy (non-hydrogen) atoms. The lowest BCUT2D eigenvalue weighted by molar-refractivity contribution is -0.134. The van der Waals surface area contributed by atoms with Gasteiger partial charge in [-0.15, -0.1) is 12.4 Å². The highest BCUT2D eigenvalue weighted by Gasteiger charge is 2.36. The summed E-state index contributed by atoms with van der Waals surface area (Å²) in [4.78, 5) is 28.2. The van der Waals surface area contributed by atoms with E-state index in [-0.39, 0.29) is 36.6 Å². The van der Waals surface area contributed by atoms with Gasteiger partial charge in [-0.25, -0.2) is 0 Å². The van der Waals surface area contributed by atoms with E-state index < -0.39 is 0 Å². The van der Waals surface area contributed by atoms with Crippen molar-refractivity contribution in [2.75, 3.05) is 52.8 Å². The van der Waals surface area contributed by atoms with Crippen LogP contribution in [-0.2, 0) is 9.59 Å². The van der Waals surface area contributed by atoms with E-state index in [0.29, 0.717) is 30.3 Å². The molecule has 140 valence electrons. The van der Waals surface area contributed by atoms with Crippen LogP contribution in [0.3, 0.4) is 0 Å². The Labute approximate surface area is 154 Å². The second kappa shape index (κ2) is 9.48. The lowest BCUT2D eigenvalue weighted by atomic mass is 10.1. The summed E-state index contributed by atoms with van der Waals surface area (Å²) in [7, 11) is 6.73. The number of anilines is 1. The van der Waals surface area contributed by atoms with Crippen LogP contribution in [0.4, 0.5) is 5.69 Å². The molecule has 0 bridgehead atoms. The first-order chi connectivity index (χ1) is 11.5. The maximum atomic E-state index is 12.5. The van der Waals surface area contributed by atoms with Gasteiger partial charge in [0.1, 0.15) is 11.5 Å². The number of hydrogen-bond donors (Lipinski definition) is 1. The molecule has 7 nitrogen and oxygen atoms in total. The number of carbonyl (C=O) groups is 2. The highest BCUT2D eigenvalue weighted by molar-refractivity contribution is 6.00. The van der Waals surface area contributed by atoms with Crippen molar-refractivity contribution in [2.24, 2.45) is 5.92 Å². The van der Waals surface area contributed by atoms with E-state index in [1.807, 2.05) is 7.05 Å². The van der Waals surface area contributed by atoms with E-state index in [2.05, 4.69) is 5.32 Å². The minimum atomic E-state index is -0.323. The molecule has 0 radical (unpaired) electrons. The Bertz CT molecular complexity index is 589. The fourth-order valence-electron chi connectivity index (χ4n) is 2.77. The number of hydrogen-bond acceptors (Lipinski definition) is 5. The van der Waals surface area contributed by atoms with Crippen molar-refractivity contribution in [3.05, 3.63) is 18.2 Å². The Balaban J connectivity index is 0.00000312. The molecule has 1 aromatic carbocycles. The predicted octanol–water partition coefficient (Wildman–Crippen LogP) is 1.16. The van der Waals surface area contributed by atoms with Gasteiger partial charge in [-0.3, -0.25) is 9.59 Å². The summed E-state index contributed by atoms with van der Waals surface area (Å²) in [6.45, 7) is 1.71. The van der Waals surface area contributed by atoms with Gasteiger partial charge < -0.3 is 24.6 Å². The molecule has 1 heterocycles. The Kier molecular flexibility index (Phi) is 7.99. The largest absolute Gasteiger partial charge is 0.497 e. The zero-order valence-electron chi connectivity index (χ0n) is 15.1. The smallest absolute Gasteiger partial charge is 0.227 e. The van der Waals surface area contributed by atoms with Gasteiger partial charge in [-0.05, 0) is 7.05 Å². The van der Waals surface area contributed by atoms with Crippen molar-refractivity contribution >= 4 is 29.9 Å². The molecule has 1 atom stereocenters. The van der Waals surface area contributed by atoms with Crippen LogP contribution < -0.4 is 19.7 Å². The molecule has 0 spiro atoms. The number of amides is 2. The van der Waals surface area contributed by atoms with Gasteiger partial charge in [-0.1, -0.05) is 0 Å². The number of nitrogens with zero attached hydrogens (tertiary/aromatic N) is 2. The van der Waals surface area contributed by atoms with Crippen LogP contribution in [0.2, 0.25) is 0 Å². The van der Waals surface area contributed by atoms with E-state index >= 15 is 0 Å². The number of benzene rings is 1. The number of halogens is 1. The Morgan fingerprint density at radius 3 is 2.40 bits per heavy atom. The van der Waals surface area contributed by atoms with Crippen LogP contribution in [0.25, 0.3) is 0 Å². The number of rotatable bonds is 7. The molecule has 1 aromatic rings. The predicted molar refractivity (Wildman–Crippen MR) is 98.8 cm³/mol. The SMILES string of the molecule is CNCCN(C)C(=O)C1CC(=O)N(c2cc(OC)cc(OC)c2)C1.Cl. The third-order valence-electron chi connectivity index (χ3n) is 4.20. The zero-order chi connectivity index (χ0) is 17.7. The average Bonchev–Trinajstić information content (AvgIpc) is 3.00. The molecule has 8 heteroatoms. The molecule has 0 saturated carbocycles. The van der Waals surface area contributed by atoms with Gasteiger partial charge in [0.2, 0.25) is 11.8 Å². The van der Waals surface area contributed by atoms with Crippen molar-refractivity contribution in [2.45, 2.75) is 6.42 Å². The molecule has 1 aliphatic rings. The zero-order valence-corrected chi connectivity index (χ0v) is 15.9. The maximum absolute atomic E-state index is 12.5. The van der Waals surface area contributed by atoms with Gasteiger partial charge in [0.15, 0.2) is 0 Å². The van der Waals surface area contributed by atoms with Gasteiger partial charge in [0.05, 0.1) is 25.8 Å². The molecule has 1 aliphatic heterocycles. The van der Waals surface area contributed by atoms with Crippen LogP contribution in [0.15, 0.2) is 18.2 Å². The van der Waals surface area contributed by atoms with Crippen molar-refractivity contribution in [3.63, 3.8) is 0 Å². The van der Waals surface area contributed by atoms with Crippen LogP contribution in [-0.4, -0.2) is 64.7 Å². The average molecular weight is 372 g/mol. The summed E-state index contributed by atoms with van der Waals surface area (Å²) in [6.07, 6.45) is 0.224. The standard InChI is InChI=1S/C17H25N3O4.ClH/c1-18-5-6-19(2)17(22)12-7-16(21)20(11-12)13-8-14(23-3)10-15(9-13)24-4;/h8-10,12,18H,5-7,11H2,1-4H3;1H. The molecule has 1 unspecified atom stereocenters. The Morgan fingerprint density at radius 2 is 1.88 bits per heavy atom. The molecule has 1 saturated heterocycles. The molecule has 0 aromatic heterocycles. The quantitative estimate of drug-likeness (QED) is 0.778. The first kappa shape index (κ1) is 21.1. The third-order valence-corrected chi connectivity index (χ3v) is 4.20. The maximum Gasteiger partial charge on any atom is 0.227 e. The van der Waals surface area contributed by atoms with Crippen molar-refractivity contribution in [1.82, 2.24) is 10.2 Å². The van der Waals surface area contributed by atoms with Crippen molar-refractivity contribution in [3.8, 4) is 11.5 Å². The third kappa shape index (κ3) is 4.99. The second-order valence-corrected chi connectivity index (χ2v) is 5.84. The highest BCUT2D eigenvalue weighted by atomic mass is 35.5. The van der Waals surface area contributed by atoms with E-state index in [1.165, 1.54) is 0 Å². The van der Waals surface area contributed by atoms with Crippen molar-refractivity contribution in [1.29, 1.82) is 0 Å². The Morgan fingerprint density at radius 1 is 1.28 bits per heavy atom. The number of nitrogens with one attached hydrogen (secondary N) is 1. The van der Waals surface area contributed by atoms with Gasteiger partial charge >= 0.3 is 0 Å². The summed E-state index contributed by atoms with van der Waals surface area (Å²) in [5.41, 5.74) is 0.685. The summed E-state index contributed by atoms with van der Waals surface area (Å²) in [6, 6.07) is 5.30. The van der Waals surface area contributed by atoms with E-state index in [0.717, 1.165) is 6.54 Å². The fraction of sp³-hybridized carbons (Fsp3) is 0.529. The van der Waals surface area contributed by atoms with E-state index in [1.54, 1.807) is 49.3 Å². The monoisotopic (exact) mass is 371 g/mol. The normalized spacial score (nSPS) is 16.4. The van der Waals surface area contributed by atoms with Gasteiger partial charge in [0, 0.05) is 51.3 Å². The van der Waals surface area contributed by atoms with Crippen molar-refractivity contribution < 1.29 is 19.1 Å². The highest BCUT2D eigenvalue weighted by Crippen LogP contribution is 2.32. The summed E-state index contributed by atoms with van der Waals surface area (Å²) in [5.74, 6) is 0.828. The van der Waals surface area contributed by atoms with Gasteiger partial charge in [0.25, 0.3) is 0 Å². The van der Waals surface area contributed by atoms with Crippen LogP contribution in [0, 0.1) is 5.92 Å². The number of likely N-dealkylation sites (N-methyl/N-ethyl adjacent to an activating group) is 2. The lowest BCUT2D eigenvalue weighted by Gasteiger charge is -2.22. The van der Waals surface area contributed by atoms with E-state index in [9.17, 15) is 9.59 Å². The van der Waals surface area contributed by atoms with E-state index in [4.69, 9.17) is 9.47 Å². The second-order valence-electron chi connectivity index (χ2n) is 5.84. The number of ether oxygens (including phenoxy) is 2. The summed E-state index contributed by atoms with van der Waals surface area (Å²) < 4.78 is 10.5. The molecular formula is C17H26ClN3O4. The lowest BCUT2D eigenvalue weighted by Crippen LogP contribution is -2.38. The fourth-order valence-corrected chi connectivity index (χ4v) is 2.77. The van der Waals surface area contributed by atoms with Crippen LogP contribution in [0.5, 0.6) is 11.5 Å². The summed E-state index contributed by atoms with van der Waals surface area (Å²) in [5, 5.41) is 3.01. The molecule has 2 rings (SSSR count). The van der Waals surface area contributed by atoms with Crippen LogP contribution >= 0.6 is 12.4 Å². The first-order valence-corrected chi connectivity index (χ1v) is 7.93. The number of carbonyl (C=O) groups excluding carboxylic acids is 2. The molecule has 2 amide bonds. The first-order valence-electron chi connectivity index (χ1n) is 7.93. The van der Waals surface area contributed by atoms with Crippen LogP contribution in [0.1, 0.15) is 6.42 Å². The Hall–Kier alpha value is -1.99. The number of methoxy groups -OCH3 is 2. The minimum absolute atomic E-state index is 0. The minimum Gasteiger partial charge on any atom is -0.497 e. The summed E-state index contributed by atoms with van der Waals surface area (Å²) >= 11 is 0. The molecular weight excluding hydrogens is 346 g/mol. The molecule has 0 aliphatic carbocycles. The molecule has 1 fully saturated rings.